The molecule has 2 aliphatic heterocycles. The van der Waals surface area contributed by atoms with E-state index in [0.29, 0.717) is 6.04 Å². The molecule has 0 amide bonds. The van der Waals surface area contributed by atoms with Crippen molar-refractivity contribution in [1.29, 1.82) is 0 Å². The summed E-state index contributed by atoms with van der Waals surface area (Å²) in [5, 5.41) is 11.1. The summed E-state index contributed by atoms with van der Waals surface area (Å²) in [6.45, 7) is 13.5. The van der Waals surface area contributed by atoms with Gasteiger partial charge in [-0.15, -0.1) is 0 Å². The van der Waals surface area contributed by atoms with Gasteiger partial charge in [-0.3, -0.25) is 4.99 Å². The molecule has 1 aromatic rings. The van der Waals surface area contributed by atoms with Crippen LogP contribution in [-0.2, 0) is 4.74 Å². The molecule has 1 unspecified atom stereocenters. The largest absolute Gasteiger partial charge is 0.381 e. The van der Waals surface area contributed by atoms with Crippen LogP contribution in [0.1, 0.15) is 70.9 Å². The lowest BCUT2D eigenvalue weighted by atomic mass is 9.88. The van der Waals surface area contributed by atoms with E-state index < -0.39 is 0 Å². The summed E-state index contributed by atoms with van der Waals surface area (Å²) in [7, 11) is 0. The van der Waals surface area contributed by atoms with Crippen LogP contribution in [0.3, 0.4) is 0 Å². The van der Waals surface area contributed by atoms with Crippen LogP contribution in [0.25, 0.3) is 0 Å². The molecule has 0 radical (unpaired) electrons. The van der Waals surface area contributed by atoms with Gasteiger partial charge in [0.25, 0.3) is 0 Å². The summed E-state index contributed by atoms with van der Waals surface area (Å²) in [6.07, 6.45) is 6.94. The molecule has 2 heterocycles. The highest BCUT2D eigenvalue weighted by Crippen LogP contribution is 2.26. The predicted molar refractivity (Wildman–Crippen MR) is 134 cm³/mol. The maximum atomic E-state index is 5.70. The lowest BCUT2D eigenvalue weighted by molar-refractivity contribution is 0.0374. The molecule has 32 heavy (non-hydrogen) atoms. The highest BCUT2D eigenvalue weighted by molar-refractivity contribution is 5.80. The minimum atomic E-state index is -0.0284. The maximum absolute atomic E-state index is 5.70. The fraction of sp³-hybridized carbons (Fsp3) is 0.731. The molecular formula is C26H45N5O. The molecule has 0 bridgehead atoms. The molecule has 180 valence electrons. The highest BCUT2D eigenvalue weighted by atomic mass is 16.5. The SMILES string of the molecule is CCCCN1CCC(NC(=NCC2(NC(C)c3ccccc3)CCOCC2)NCC)CC1. The van der Waals surface area contributed by atoms with Crippen molar-refractivity contribution in [2.45, 2.75) is 76.9 Å². The molecule has 2 fully saturated rings. The van der Waals surface area contributed by atoms with Crippen LogP contribution in [0, 0.1) is 0 Å². The average molecular weight is 444 g/mol. The molecule has 6 heteroatoms. The van der Waals surface area contributed by atoms with Crippen LogP contribution in [0.2, 0.25) is 0 Å². The Kier molecular flexibility index (Phi) is 10.3. The molecule has 3 rings (SSSR count). The number of unbranched alkanes of at least 4 members (excludes halogenated alkanes) is 1. The Balaban J connectivity index is 1.60. The monoisotopic (exact) mass is 443 g/mol. The lowest BCUT2D eigenvalue weighted by Crippen LogP contribution is -2.54. The van der Waals surface area contributed by atoms with Gasteiger partial charge < -0.3 is 25.6 Å². The quantitative estimate of drug-likeness (QED) is 0.380. The molecule has 0 spiro atoms. The van der Waals surface area contributed by atoms with Crippen molar-refractivity contribution in [2.24, 2.45) is 4.99 Å². The standard InChI is InChI=1S/C26H45N5O/c1-4-6-16-31-17-12-24(13-18-31)29-25(27-5-2)28-21-26(14-19-32-20-15-26)30-22(3)23-10-8-7-9-11-23/h7-11,22,24,30H,4-6,12-21H2,1-3H3,(H2,27,28,29). The van der Waals surface area contributed by atoms with Gasteiger partial charge in [0.2, 0.25) is 0 Å². The van der Waals surface area contributed by atoms with E-state index in [-0.39, 0.29) is 11.6 Å². The summed E-state index contributed by atoms with van der Waals surface area (Å²) in [5.41, 5.74) is 1.29. The van der Waals surface area contributed by atoms with Gasteiger partial charge in [0.15, 0.2) is 5.96 Å². The Morgan fingerprint density at radius 2 is 1.88 bits per heavy atom. The second-order valence-electron chi connectivity index (χ2n) is 9.48. The van der Waals surface area contributed by atoms with Gasteiger partial charge in [-0.1, -0.05) is 43.7 Å². The molecule has 0 aliphatic carbocycles. The molecule has 3 N–H and O–H groups in total. The second-order valence-corrected chi connectivity index (χ2v) is 9.48. The Labute approximate surface area is 195 Å². The van der Waals surface area contributed by atoms with Crippen LogP contribution in [0.15, 0.2) is 35.3 Å². The molecule has 1 aromatic carbocycles. The summed E-state index contributed by atoms with van der Waals surface area (Å²) >= 11 is 0. The van der Waals surface area contributed by atoms with E-state index in [1.807, 2.05) is 0 Å². The first-order chi connectivity index (χ1) is 15.6. The first kappa shape index (κ1) is 25.0. The summed E-state index contributed by atoms with van der Waals surface area (Å²) < 4.78 is 5.70. The summed E-state index contributed by atoms with van der Waals surface area (Å²) in [6, 6.07) is 11.5. The Morgan fingerprint density at radius 3 is 2.53 bits per heavy atom. The minimum Gasteiger partial charge on any atom is -0.381 e. The van der Waals surface area contributed by atoms with Crippen molar-refractivity contribution >= 4 is 5.96 Å². The van der Waals surface area contributed by atoms with E-state index in [0.717, 1.165) is 45.1 Å². The van der Waals surface area contributed by atoms with Gasteiger partial charge in [-0.2, -0.15) is 0 Å². The number of likely N-dealkylation sites (tertiary alicyclic amines) is 1. The number of aliphatic imine (C=N–C) groups is 1. The zero-order chi connectivity index (χ0) is 22.7. The fourth-order valence-corrected chi connectivity index (χ4v) is 4.82. The highest BCUT2D eigenvalue weighted by Gasteiger charge is 2.34. The fourth-order valence-electron chi connectivity index (χ4n) is 4.82. The van der Waals surface area contributed by atoms with Gasteiger partial charge in [0.05, 0.1) is 6.54 Å². The zero-order valence-electron chi connectivity index (χ0n) is 20.5. The van der Waals surface area contributed by atoms with Crippen LogP contribution < -0.4 is 16.0 Å². The van der Waals surface area contributed by atoms with E-state index in [4.69, 9.17) is 9.73 Å². The number of benzene rings is 1. The third kappa shape index (κ3) is 7.75. The van der Waals surface area contributed by atoms with Gasteiger partial charge in [0.1, 0.15) is 0 Å². The van der Waals surface area contributed by atoms with Gasteiger partial charge in [0, 0.05) is 50.5 Å². The number of guanidine groups is 1. The summed E-state index contributed by atoms with van der Waals surface area (Å²) in [5.74, 6) is 0.958. The van der Waals surface area contributed by atoms with E-state index in [1.165, 1.54) is 50.9 Å². The van der Waals surface area contributed by atoms with Gasteiger partial charge in [-0.05, 0) is 58.1 Å². The maximum Gasteiger partial charge on any atom is 0.191 e. The summed E-state index contributed by atoms with van der Waals surface area (Å²) in [4.78, 5) is 7.69. The van der Waals surface area contributed by atoms with Crippen molar-refractivity contribution in [3.63, 3.8) is 0 Å². The Bertz CT molecular complexity index is 666. The van der Waals surface area contributed by atoms with Crippen LogP contribution in [-0.4, -0.2) is 68.4 Å². The first-order valence-corrected chi connectivity index (χ1v) is 12.8. The van der Waals surface area contributed by atoms with E-state index in [9.17, 15) is 0 Å². The smallest absolute Gasteiger partial charge is 0.191 e. The number of hydrogen-bond acceptors (Lipinski definition) is 4. The molecule has 2 saturated heterocycles. The molecular weight excluding hydrogens is 398 g/mol. The van der Waals surface area contributed by atoms with Crippen LogP contribution >= 0.6 is 0 Å². The van der Waals surface area contributed by atoms with Crippen LogP contribution in [0.4, 0.5) is 0 Å². The van der Waals surface area contributed by atoms with E-state index in [1.54, 1.807) is 0 Å². The van der Waals surface area contributed by atoms with Crippen molar-refractivity contribution in [3.05, 3.63) is 35.9 Å². The number of ether oxygens (including phenoxy) is 1. The Hall–Kier alpha value is -1.63. The van der Waals surface area contributed by atoms with E-state index in [2.05, 4.69) is 72.0 Å². The Morgan fingerprint density at radius 1 is 1.16 bits per heavy atom. The average Bonchev–Trinajstić information content (AvgIpc) is 2.83. The second kappa shape index (κ2) is 13.2. The van der Waals surface area contributed by atoms with Gasteiger partial charge in [-0.25, -0.2) is 0 Å². The van der Waals surface area contributed by atoms with E-state index >= 15 is 0 Å². The number of rotatable bonds is 10. The number of piperidine rings is 1. The minimum absolute atomic E-state index is 0.0284. The molecule has 1 atom stereocenters. The van der Waals surface area contributed by atoms with Crippen molar-refractivity contribution in [1.82, 2.24) is 20.9 Å². The predicted octanol–water partition coefficient (Wildman–Crippen LogP) is 3.71. The number of hydrogen-bond donors (Lipinski definition) is 3. The van der Waals surface area contributed by atoms with Crippen LogP contribution in [0.5, 0.6) is 0 Å². The first-order valence-electron chi connectivity index (χ1n) is 12.8. The van der Waals surface area contributed by atoms with Crippen molar-refractivity contribution < 1.29 is 4.74 Å². The number of nitrogens with zero attached hydrogens (tertiary/aromatic N) is 2. The molecule has 2 aliphatic rings. The normalized spacial score (nSPS) is 21.3. The molecule has 0 aromatic heterocycles. The third-order valence-corrected chi connectivity index (χ3v) is 6.91. The number of nitrogens with one attached hydrogen (secondary N) is 3. The van der Waals surface area contributed by atoms with Crippen molar-refractivity contribution in [2.75, 3.05) is 45.9 Å². The zero-order valence-corrected chi connectivity index (χ0v) is 20.5. The third-order valence-electron chi connectivity index (χ3n) is 6.91. The van der Waals surface area contributed by atoms with Crippen molar-refractivity contribution in [3.8, 4) is 0 Å². The molecule has 6 nitrogen and oxygen atoms in total. The topological polar surface area (TPSA) is 60.9 Å². The van der Waals surface area contributed by atoms with Gasteiger partial charge >= 0.3 is 0 Å². The molecule has 0 saturated carbocycles. The lowest BCUT2D eigenvalue weighted by Gasteiger charge is -2.40.